The van der Waals surface area contributed by atoms with Gasteiger partial charge in [0.2, 0.25) is 5.91 Å². The van der Waals surface area contributed by atoms with Crippen LogP contribution >= 0.6 is 0 Å². The Labute approximate surface area is 129 Å². The van der Waals surface area contributed by atoms with Crippen molar-refractivity contribution < 1.29 is 19.5 Å². The highest BCUT2D eigenvalue weighted by molar-refractivity contribution is 5.97. The van der Waals surface area contributed by atoms with E-state index in [1.807, 2.05) is 13.8 Å². The van der Waals surface area contributed by atoms with Crippen LogP contribution in [0.3, 0.4) is 0 Å². The van der Waals surface area contributed by atoms with Gasteiger partial charge < -0.3 is 15.7 Å². The SMILES string of the molecule is CCCC(C)C(=O)Nc1ccc(C(=O)NC(C)C(=O)O)cc1. The summed E-state index contributed by atoms with van der Waals surface area (Å²) in [6.45, 7) is 5.28. The molecule has 0 heterocycles. The summed E-state index contributed by atoms with van der Waals surface area (Å²) in [4.78, 5) is 34.4. The lowest BCUT2D eigenvalue weighted by Crippen LogP contribution is -2.38. The Morgan fingerprint density at radius 1 is 1.14 bits per heavy atom. The van der Waals surface area contributed by atoms with Crippen molar-refractivity contribution in [2.45, 2.75) is 39.7 Å². The summed E-state index contributed by atoms with van der Waals surface area (Å²) in [6, 6.07) is 5.38. The lowest BCUT2D eigenvalue weighted by molar-refractivity contribution is -0.138. The Balaban J connectivity index is 2.65. The largest absolute Gasteiger partial charge is 0.480 e. The molecule has 120 valence electrons. The van der Waals surface area contributed by atoms with E-state index < -0.39 is 17.9 Å². The Bertz CT molecular complexity index is 540. The molecule has 22 heavy (non-hydrogen) atoms. The van der Waals surface area contributed by atoms with Crippen LogP contribution in [0, 0.1) is 5.92 Å². The number of carbonyl (C=O) groups excluding carboxylic acids is 2. The van der Waals surface area contributed by atoms with Crippen molar-refractivity contribution in [2.24, 2.45) is 5.92 Å². The molecule has 0 spiro atoms. The fraction of sp³-hybridized carbons (Fsp3) is 0.438. The number of hydrogen-bond acceptors (Lipinski definition) is 3. The van der Waals surface area contributed by atoms with Gasteiger partial charge in [0.25, 0.3) is 5.91 Å². The Hall–Kier alpha value is -2.37. The fourth-order valence-corrected chi connectivity index (χ4v) is 1.88. The van der Waals surface area contributed by atoms with Crippen LogP contribution in [0.25, 0.3) is 0 Å². The highest BCUT2D eigenvalue weighted by Crippen LogP contribution is 2.13. The van der Waals surface area contributed by atoms with Crippen molar-refractivity contribution in [3.63, 3.8) is 0 Å². The molecule has 0 radical (unpaired) electrons. The van der Waals surface area contributed by atoms with Crippen LogP contribution < -0.4 is 10.6 Å². The normalized spacial score (nSPS) is 13.0. The van der Waals surface area contributed by atoms with E-state index in [-0.39, 0.29) is 11.8 Å². The minimum Gasteiger partial charge on any atom is -0.480 e. The molecule has 0 aliphatic rings. The summed E-state index contributed by atoms with van der Waals surface area (Å²) < 4.78 is 0. The number of carbonyl (C=O) groups is 3. The van der Waals surface area contributed by atoms with Gasteiger partial charge in [-0.15, -0.1) is 0 Å². The molecular weight excluding hydrogens is 284 g/mol. The van der Waals surface area contributed by atoms with Gasteiger partial charge >= 0.3 is 5.97 Å². The molecular formula is C16H22N2O4. The number of benzene rings is 1. The first kappa shape index (κ1) is 17.7. The number of hydrogen-bond donors (Lipinski definition) is 3. The zero-order chi connectivity index (χ0) is 16.7. The third kappa shape index (κ3) is 5.20. The second-order valence-electron chi connectivity index (χ2n) is 5.29. The Morgan fingerprint density at radius 3 is 2.23 bits per heavy atom. The van der Waals surface area contributed by atoms with Crippen LogP contribution in [0.4, 0.5) is 5.69 Å². The summed E-state index contributed by atoms with van der Waals surface area (Å²) in [6.07, 6.45) is 1.76. The maximum Gasteiger partial charge on any atom is 0.325 e. The van der Waals surface area contributed by atoms with E-state index >= 15 is 0 Å². The van der Waals surface area contributed by atoms with Crippen LogP contribution in [0.2, 0.25) is 0 Å². The number of aliphatic carboxylic acids is 1. The molecule has 0 aromatic heterocycles. The first-order chi connectivity index (χ1) is 10.3. The molecule has 0 aliphatic heterocycles. The summed E-state index contributed by atoms with van der Waals surface area (Å²) >= 11 is 0. The average Bonchev–Trinajstić information content (AvgIpc) is 2.47. The molecule has 6 heteroatoms. The van der Waals surface area contributed by atoms with Crippen molar-refractivity contribution in [3.05, 3.63) is 29.8 Å². The summed E-state index contributed by atoms with van der Waals surface area (Å²) in [7, 11) is 0. The van der Waals surface area contributed by atoms with Gasteiger partial charge in [0, 0.05) is 17.2 Å². The van der Waals surface area contributed by atoms with Gasteiger partial charge in [0.1, 0.15) is 6.04 Å². The minimum atomic E-state index is -1.10. The average molecular weight is 306 g/mol. The lowest BCUT2D eigenvalue weighted by Gasteiger charge is -2.12. The van der Waals surface area contributed by atoms with Crippen molar-refractivity contribution in [1.29, 1.82) is 0 Å². The van der Waals surface area contributed by atoms with Crippen molar-refractivity contribution in [1.82, 2.24) is 5.32 Å². The van der Waals surface area contributed by atoms with Crippen LogP contribution in [0.15, 0.2) is 24.3 Å². The summed E-state index contributed by atoms with van der Waals surface area (Å²) in [5, 5.41) is 13.9. The predicted octanol–water partition coefficient (Wildman–Crippen LogP) is 2.26. The van der Waals surface area contributed by atoms with E-state index in [1.54, 1.807) is 24.3 Å². The third-order valence-corrected chi connectivity index (χ3v) is 3.30. The first-order valence-corrected chi connectivity index (χ1v) is 7.29. The second kappa shape index (κ2) is 8.17. The van der Waals surface area contributed by atoms with E-state index in [0.717, 1.165) is 12.8 Å². The predicted molar refractivity (Wildman–Crippen MR) is 83.7 cm³/mol. The topological polar surface area (TPSA) is 95.5 Å². The molecule has 0 saturated heterocycles. The molecule has 0 saturated carbocycles. The van der Waals surface area contributed by atoms with Gasteiger partial charge in [-0.2, -0.15) is 0 Å². The molecule has 0 bridgehead atoms. The molecule has 1 aromatic rings. The van der Waals surface area contributed by atoms with E-state index in [9.17, 15) is 14.4 Å². The molecule has 6 nitrogen and oxygen atoms in total. The Kier molecular flexibility index (Phi) is 6.56. The standard InChI is InChI=1S/C16H22N2O4/c1-4-5-10(2)14(19)18-13-8-6-12(7-9-13)15(20)17-11(3)16(21)22/h6-11H,4-5H2,1-3H3,(H,17,20)(H,18,19)(H,21,22). The molecule has 0 aliphatic carbocycles. The molecule has 2 unspecified atom stereocenters. The maximum atomic E-state index is 11.9. The van der Waals surface area contributed by atoms with E-state index in [1.165, 1.54) is 6.92 Å². The first-order valence-electron chi connectivity index (χ1n) is 7.29. The Morgan fingerprint density at radius 2 is 1.73 bits per heavy atom. The van der Waals surface area contributed by atoms with Gasteiger partial charge in [-0.05, 0) is 37.6 Å². The van der Waals surface area contributed by atoms with Gasteiger partial charge in [-0.3, -0.25) is 14.4 Å². The monoisotopic (exact) mass is 306 g/mol. The van der Waals surface area contributed by atoms with Gasteiger partial charge in [-0.25, -0.2) is 0 Å². The summed E-state index contributed by atoms with van der Waals surface area (Å²) in [5.41, 5.74) is 0.948. The van der Waals surface area contributed by atoms with Crippen molar-refractivity contribution >= 4 is 23.5 Å². The fourth-order valence-electron chi connectivity index (χ4n) is 1.88. The highest BCUT2D eigenvalue weighted by Gasteiger charge is 2.16. The number of amides is 2. The van der Waals surface area contributed by atoms with Gasteiger partial charge in [0.05, 0.1) is 0 Å². The number of carboxylic acids is 1. The van der Waals surface area contributed by atoms with Gasteiger partial charge in [0.15, 0.2) is 0 Å². The zero-order valence-electron chi connectivity index (χ0n) is 13.1. The van der Waals surface area contributed by atoms with Crippen LogP contribution in [0.1, 0.15) is 44.0 Å². The van der Waals surface area contributed by atoms with E-state index in [4.69, 9.17) is 5.11 Å². The molecule has 3 N–H and O–H groups in total. The van der Waals surface area contributed by atoms with Crippen LogP contribution in [-0.4, -0.2) is 28.9 Å². The smallest absolute Gasteiger partial charge is 0.325 e. The van der Waals surface area contributed by atoms with E-state index in [0.29, 0.717) is 11.3 Å². The molecule has 0 fully saturated rings. The molecule has 2 amide bonds. The molecule has 1 rings (SSSR count). The van der Waals surface area contributed by atoms with Crippen molar-refractivity contribution in [2.75, 3.05) is 5.32 Å². The lowest BCUT2D eigenvalue weighted by atomic mass is 10.1. The highest BCUT2D eigenvalue weighted by atomic mass is 16.4. The zero-order valence-corrected chi connectivity index (χ0v) is 13.1. The maximum absolute atomic E-state index is 11.9. The molecule has 1 aromatic carbocycles. The second-order valence-corrected chi connectivity index (χ2v) is 5.29. The summed E-state index contributed by atoms with van der Waals surface area (Å²) in [5.74, 6) is -1.68. The minimum absolute atomic E-state index is 0.0569. The van der Waals surface area contributed by atoms with Crippen molar-refractivity contribution in [3.8, 4) is 0 Å². The number of carboxylic acid groups (broad SMARTS) is 1. The molecule has 2 atom stereocenters. The number of nitrogens with one attached hydrogen (secondary N) is 2. The quantitative estimate of drug-likeness (QED) is 0.720. The van der Waals surface area contributed by atoms with Crippen LogP contribution in [0.5, 0.6) is 0 Å². The number of rotatable bonds is 7. The van der Waals surface area contributed by atoms with E-state index in [2.05, 4.69) is 10.6 Å². The van der Waals surface area contributed by atoms with Gasteiger partial charge in [-0.1, -0.05) is 20.3 Å². The third-order valence-electron chi connectivity index (χ3n) is 3.30. The van der Waals surface area contributed by atoms with Crippen LogP contribution in [-0.2, 0) is 9.59 Å². The number of anilines is 1.